The Kier molecular flexibility index (Phi) is 5.12. The fourth-order valence-corrected chi connectivity index (χ4v) is 3.38. The molecule has 1 aromatic carbocycles. The van der Waals surface area contributed by atoms with Gasteiger partial charge in [0, 0.05) is 23.5 Å². The maximum atomic E-state index is 12.2. The number of hydrogen-bond acceptors (Lipinski definition) is 5. The smallest absolute Gasteiger partial charge is 0.243 e. The van der Waals surface area contributed by atoms with E-state index in [4.69, 9.17) is 10.5 Å². The third kappa shape index (κ3) is 3.50. The highest BCUT2D eigenvalue weighted by Gasteiger charge is 2.38. The fraction of sp³-hybridized carbons (Fsp3) is 0.467. The molecule has 0 saturated carbocycles. The summed E-state index contributed by atoms with van der Waals surface area (Å²) in [6, 6.07) is 5.38. The third-order valence-corrected chi connectivity index (χ3v) is 4.48. The molecule has 0 aromatic heterocycles. The highest BCUT2D eigenvalue weighted by molar-refractivity contribution is 8.00. The Balaban J connectivity index is 2.13. The number of carbonyl (C=O) groups excluding carboxylic acids is 2. The molecule has 1 atom stereocenters. The molecule has 1 aromatic rings. The van der Waals surface area contributed by atoms with Gasteiger partial charge in [0.1, 0.15) is 5.75 Å². The monoisotopic (exact) mass is 308 g/mol. The van der Waals surface area contributed by atoms with E-state index in [1.165, 1.54) is 16.7 Å². The number of likely N-dealkylation sites (tertiary alicyclic amines) is 1. The Labute approximate surface area is 128 Å². The lowest BCUT2D eigenvalue weighted by Crippen LogP contribution is -2.31. The van der Waals surface area contributed by atoms with Crippen molar-refractivity contribution in [1.29, 1.82) is 0 Å². The first-order valence-corrected chi connectivity index (χ1v) is 7.98. The first-order valence-electron chi connectivity index (χ1n) is 7.10. The SMILES string of the molecule is CCCN1C(=O)CC(Sc2cc(OCC)ccc2N)C1=O. The molecule has 21 heavy (non-hydrogen) atoms. The Morgan fingerprint density at radius 3 is 2.81 bits per heavy atom. The lowest BCUT2D eigenvalue weighted by atomic mass is 10.3. The number of rotatable bonds is 6. The number of nitrogen functional groups attached to an aromatic ring is 1. The van der Waals surface area contributed by atoms with Gasteiger partial charge in [0.2, 0.25) is 11.8 Å². The van der Waals surface area contributed by atoms with Crippen LogP contribution in [-0.4, -0.2) is 35.1 Å². The number of ether oxygens (including phenoxy) is 1. The zero-order chi connectivity index (χ0) is 15.4. The second-order valence-corrected chi connectivity index (χ2v) is 6.07. The number of thioether (sulfide) groups is 1. The van der Waals surface area contributed by atoms with Crippen LogP contribution in [0.1, 0.15) is 26.7 Å². The van der Waals surface area contributed by atoms with Crippen molar-refractivity contribution >= 4 is 29.3 Å². The summed E-state index contributed by atoms with van der Waals surface area (Å²) in [5.74, 6) is 0.503. The minimum Gasteiger partial charge on any atom is -0.494 e. The van der Waals surface area contributed by atoms with E-state index in [1.54, 1.807) is 12.1 Å². The zero-order valence-electron chi connectivity index (χ0n) is 12.3. The van der Waals surface area contributed by atoms with Gasteiger partial charge in [0.15, 0.2) is 0 Å². The van der Waals surface area contributed by atoms with Crippen LogP contribution in [0.5, 0.6) is 5.75 Å². The summed E-state index contributed by atoms with van der Waals surface area (Å²) in [5, 5.41) is -0.386. The second-order valence-electron chi connectivity index (χ2n) is 4.83. The highest BCUT2D eigenvalue weighted by atomic mass is 32.2. The van der Waals surface area contributed by atoms with E-state index in [-0.39, 0.29) is 23.5 Å². The molecule has 1 aliphatic rings. The van der Waals surface area contributed by atoms with E-state index < -0.39 is 0 Å². The average Bonchev–Trinajstić information content (AvgIpc) is 2.71. The zero-order valence-corrected chi connectivity index (χ0v) is 13.1. The molecule has 114 valence electrons. The maximum Gasteiger partial charge on any atom is 0.243 e. The van der Waals surface area contributed by atoms with Gasteiger partial charge in [-0.1, -0.05) is 6.92 Å². The van der Waals surface area contributed by atoms with E-state index in [9.17, 15) is 9.59 Å². The van der Waals surface area contributed by atoms with E-state index >= 15 is 0 Å². The minimum atomic E-state index is -0.386. The van der Waals surface area contributed by atoms with Crippen LogP contribution in [0, 0.1) is 0 Å². The fourth-order valence-electron chi connectivity index (χ4n) is 2.23. The quantitative estimate of drug-likeness (QED) is 0.645. The number of anilines is 1. The van der Waals surface area contributed by atoms with Crippen molar-refractivity contribution in [2.45, 2.75) is 36.8 Å². The average molecular weight is 308 g/mol. The number of nitrogens with zero attached hydrogens (tertiary/aromatic N) is 1. The van der Waals surface area contributed by atoms with Gasteiger partial charge in [-0.15, -0.1) is 11.8 Å². The number of hydrogen-bond donors (Lipinski definition) is 1. The van der Waals surface area contributed by atoms with Crippen LogP contribution < -0.4 is 10.5 Å². The summed E-state index contributed by atoms with van der Waals surface area (Å²) in [6.45, 7) is 4.91. The highest BCUT2D eigenvalue weighted by Crippen LogP contribution is 2.36. The molecule has 1 fully saturated rings. The van der Waals surface area contributed by atoms with Crippen LogP contribution in [0.15, 0.2) is 23.1 Å². The van der Waals surface area contributed by atoms with Gasteiger partial charge in [-0.25, -0.2) is 0 Å². The summed E-state index contributed by atoms with van der Waals surface area (Å²) in [6.07, 6.45) is 1.01. The van der Waals surface area contributed by atoms with Gasteiger partial charge in [-0.05, 0) is 31.5 Å². The van der Waals surface area contributed by atoms with Crippen LogP contribution in [0.25, 0.3) is 0 Å². The number of amides is 2. The third-order valence-electron chi connectivity index (χ3n) is 3.22. The van der Waals surface area contributed by atoms with Crippen LogP contribution in [-0.2, 0) is 9.59 Å². The molecule has 0 radical (unpaired) electrons. The number of benzene rings is 1. The van der Waals surface area contributed by atoms with Crippen molar-refractivity contribution in [1.82, 2.24) is 4.90 Å². The normalized spacial score (nSPS) is 18.4. The molecule has 5 nitrogen and oxygen atoms in total. The van der Waals surface area contributed by atoms with Gasteiger partial charge in [-0.2, -0.15) is 0 Å². The number of nitrogens with two attached hydrogens (primary N) is 1. The van der Waals surface area contributed by atoms with Crippen molar-refractivity contribution < 1.29 is 14.3 Å². The van der Waals surface area contributed by atoms with Crippen LogP contribution >= 0.6 is 11.8 Å². The summed E-state index contributed by atoms with van der Waals surface area (Å²) in [4.78, 5) is 26.2. The minimum absolute atomic E-state index is 0.0983. The van der Waals surface area contributed by atoms with Crippen molar-refractivity contribution in [2.24, 2.45) is 0 Å². The van der Waals surface area contributed by atoms with E-state index in [1.807, 2.05) is 19.9 Å². The summed E-state index contributed by atoms with van der Waals surface area (Å²) in [7, 11) is 0. The molecule has 1 heterocycles. The number of carbonyl (C=O) groups is 2. The van der Waals surface area contributed by atoms with E-state index in [0.717, 1.165) is 17.1 Å². The van der Waals surface area contributed by atoms with Gasteiger partial charge in [-0.3, -0.25) is 14.5 Å². The van der Waals surface area contributed by atoms with Gasteiger partial charge < -0.3 is 10.5 Å². The summed E-state index contributed by atoms with van der Waals surface area (Å²) >= 11 is 1.34. The molecule has 2 N–H and O–H groups in total. The molecule has 1 aliphatic heterocycles. The Bertz CT molecular complexity index is 548. The van der Waals surface area contributed by atoms with Crippen molar-refractivity contribution in [3.05, 3.63) is 18.2 Å². The lowest BCUT2D eigenvalue weighted by Gasteiger charge is -2.14. The molecule has 0 bridgehead atoms. The van der Waals surface area contributed by atoms with Crippen LogP contribution in [0.2, 0.25) is 0 Å². The Morgan fingerprint density at radius 1 is 1.38 bits per heavy atom. The first-order chi connectivity index (χ1) is 10.1. The molecule has 2 rings (SSSR count). The first kappa shape index (κ1) is 15.7. The van der Waals surface area contributed by atoms with Crippen LogP contribution in [0.4, 0.5) is 5.69 Å². The summed E-state index contributed by atoms with van der Waals surface area (Å²) in [5.41, 5.74) is 6.55. The molecule has 6 heteroatoms. The molecule has 0 aliphatic carbocycles. The predicted octanol–water partition coefficient (Wildman–Crippen LogP) is 2.30. The Morgan fingerprint density at radius 2 is 2.14 bits per heavy atom. The molecule has 0 spiro atoms. The predicted molar refractivity (Wildman–Crippen MR) is 83.3 cm³/mol. The van der Waals surface area contributed by atoms with Crippen molar-refractivity contribution in [3.8, 4) is 5.75 Å². The van der Waals surface area contributed by atoms with Gasteiger partial charge in [0.05, 0.1) is 11.9 Å². The summed E-state index contributed by atoms with van der Waals surface area (Å²) < 4.78 is 5.44. The van der Waals surface area contributed by atoms with E-state index in [2.05, 4.69) is 0 Å². The molecule has 1 saturated heterocycles. The molecular weight excluding hydrogens is 288 g/mol. The standard InChI is InChI=1S/C15H20N2O3S/c1-3-7-17-14(18)9-13(15(17)19)21-12-8-10(20-4-2)5-6-11(12)16/h5-6,8,13H,3-4,7,9,16H2,1-2H3. The topological polar surface area (TPSA) is 72.6 Å². The molecule has 2 amide bonds. The maximum absolute atomic E-state index is 12.2. The lowest BCUT2D eigenvalue weighted by molar-refractivity contribution is -0.138. The largest absolute Gasteiger partial charge is 0.494 e. The number of imide groups is 1. The molecule has 1 unspecified atom stereocenters. The van der Waals surface area contributed by atoms with E-state index in [0.29, 0.717) is 18.8 Å². The molecular formula is C15H20N2O3S. The Hall–Kier alpha value is -1.69. The van der Waals surface area contributed by atoms with Crippen LogP contribution in [0.3, 0.4) is 0 Å². The second kappa shape index (κ2) is 6.85. The van der Waals surface area contributed by atoms with Gasteiger partial charge >= 0.3 is 0 Å². The van der Waals surface area contributed by atoms with Crippen molar-refractivity contribution in [3.63, 3.8) is 0 Å². The van der Waals surface area contributed by atoms with Gasteiger partial charge in [0.25, 0.3) is 0 Å². The van der Waals surface area contributed by atoms with Crippen molar-refractivity contribution in [2.75, 3.05) is 18.9 Å².